The van der Waals surface area contributed by atoms with Crippen LogP contribution in [0.25, 0.3) is 10.8 Å². The molecule has 0 aliphatic rings. The van der Waals surface area contributed by atoms with Gasteiger partial charge in [-0.05, 0) is 49.7 Å². The number of likely N-dealkylation sites (N-methyl/N-ethyl adjacent to an activating group) is 1. The van der Waals surface area contributed by atoms with Crippen molar-refractivity contribution in [1.82, 2.24) is 9.88 Å². The number of aromatic nitrogens is 1. The van der Waals surface area contributed by atoms with Gasteiger partial charge in [0.2, 0.25) is 11.8 Å². The molecular formula is C19H21N3O3S. The molecule has 0 aliphatic carbocycles. The van der Waals surface area contributed by atoms with Gasteiger partial charge in [0.15, 0.2) is 0 Å². The van der Waals surface area contributed by atoms with Gasteiger partial charge in [-0.15, -0.1) is 11.3 Å². The summed E-state index contributed by atoms with van der Waals surface area (Å²) >= 11 is 1.59. The van der Waals surface area contributed by atoms with Crippen LogP contribution in [0.15, 0.2) is 46.2 Å². The highest BCUT2D eigenvalue weighted by molar-refractivity contribution is 7.13. The van der Waals surface area contributed by atoms with E-state index in [1.807, 2.05) is 60.6 Å². The summed E-state index contributed by atoms with van der Waals surface area (Å²) in [6, 6.07) is 11.2. The summed E-state index contributed by atoms with van der Waals surface area (Å²) < 4.78 is 10.9. The van der Waals surface area contributed by atoms with Crippen LogP contribution in [0, 0.1) is 6.92 Å². The van der Waals surface area contributed by atoms with E-state index in [4.69, 9.17) is 9.15 Å². The standard InChI is InChI=1S/C19H21N3O3S/c1-13-16(21-19(25-13)17-5-4-10-26-17)11-22(2)12-18(23)20-14-6-8-15(24-3)9-7-14/h4-10H,11-12H2,1-3H3,(H,20,23). The van der Waals surface area contributed by atoms with E-state index in [9.17, 15) is 4.79 Å². The highest BCUT2D eigenvalue weighted by Gasteiger charge is 2.15. The summed E-state index contributed by atoms with van der Waals surface area (Å²) in [6.07, 6.45) is 0. The number of nitrogens with one attached hydrogen (secondary N) is 1. The Labute approximate surface area is 156 Å². The first kappa shape index (κ1) is 18.2. The summed E-state index contributed by atoms with van der Waals surface area (Å²) in [5, 5.41) is 4.86. The van der Waals surface area contributed by atoms with Crippen molar-refractivity contribution in [3.63, 3.8) is 0 Å². The normalized spacial score (nSPS) is 10.9. The molecule has 26 heavy (non-hydrogen) atoms. The molecule has 3 aromatic rings. The van der Waals surface area contributed by atoms with Crippen LogP contribution >= 0.6 is 11.3 Å². The van der Waals surface area contributed by atoms with Crippen molar-refractivity contribution < 1.29 is 13.9 Å². The minimum absolute atomic E-state index is 0.0858. The van der Waals surface area contributed by atoms with E-state index in [0.717, 1.165) is 27.8 Å². The fourth-order valence-electron chi connectivity index (χ4n) is 2.51. The molecule has 136 valence electrons. The van der Waals surface area contributed by atoms with Gasteiger partial charge in [0.25, 0.3) is 0 Å². The number of benzene rings is 1. The number of nitrogens with zero attached hydrogens (tertiary/aromatic N) is 2. The quantitative estimate of drug-likeness (QED) is 0.684. The third-order valence-electron chi connectivity index (χ3n) is 3.83. The molecular weight excluding hydrogens is 350 g/mol. The van der Waals surface area contributed by atoms with Crippen molar-refractivity contribution in [2.75, 3.05) is 26.0 Å². The molecule has 3 rings (SSSR count). The first-order valence-electron chi connectivity index (χ1n) is 8.18. The minimum Gasteiger partial charge on any atom is -0.497 e. The number of amides is 1. The highest BCUT2D eigenvalue weighted by atomic mass is 32.1. The zero-order chi connectivity index (χ0) is 18.5. The molecule has 0 spiro atoms. The van der Waals surface area contributed by atoms with Crippen molar-refractivity contribution in [3.8, 4) is 16.5 Å². The number of oxazole rings is 1. The average Bonchev–Trinajstić information content (AvgIpc) is 3.26. The average molecular weight is 371 g/mol. The second-order valence-electron chi connectivity index (χ2n) is 5.95. The summed E-state index contributed by atoms with van der Waals surface area (Å²) in [5.74, 6) is 2.07. The molecule has 0 saturated carbocycles. The summed E-state index contributed by atoms with van der Waals surface area (Å²) in [6.45, 7) is 2.69. The fraction of sp³-hybridized carbons (Fsp3) is 0.263. The number of aryl methyl sites for hydroxylation is 1. The zero-order valence-electron chi connectivity index (χ0n) is 15.0. The maximum Gasteiger partial charge on any atom is 0.238 e. The van der Waals surface area contributed by atoms with Gasteiger partial charge in [-0.1, -0.05) is 6.07 Å². The molecule has 0 saturated heterocycles. The maximum atomic E-state index is 12.2. The number of hydrogen-bond acceptors (Lipinski definition) is 6. The molecule has 0 fully saturated rings. The largest absolute Gasteiger partial charge is 0.497 e. The Bertz CT molecular complexity index is 857. The van der Waals surface area contributed by atoms with E-state index in [2.05, 4.69) is 10.3 Å². The van der Waals surface area contributed by atoms with Gasteiger partial charge in [-0.3, -0.25) is 9.69 Å². The van der Waals surface area contributed by atoms with Crippen LogP contribution in [0.5, 0.6) is 5.75 Å². The number of hydrogen-bond donors (Lipinski definition) is 1. The fourth-order valence-corrected chi connectivity index (χ4v) is 3.16. The van der Waals surface area contributed by atoms with Crippen LogP contribution in [0.4, 0.5) is 5.69 Å². The number of thiophene rings is 1. The number of anilines is 1. The zero-order valence-corrected chi connectivity index (χ0v) is 15.8. The number of rotatable bonds is 7. The molecule has 0 unspecified atom stereocenters. The lowest BCUT2D eigenvalue weighted by atomic mass is 10.3. The van der Waals surface area contributed by atoms with Gasteiger partial charge in [0.05, 0.1) is 24.2 Å². The second kappa shape index (κ2) is 8.16. The van der Waals surface area contributed by atoms with Crippen molar-refractivity contribution in [3.05, 3.63) is 53.2 Å². The van der Waals surface area contributed by atoms with Crippen LogP contribution in [-0.2, 0) is 11.3 Å². The van der Waals surface area contributed by atoms with Gasteiger partial charge < -0.3 is 14.5 Å². The molecule has 1 N–H and O–H groups in total. The van der Waals surface area contributed by atoms with Crippen molar-refractivity contribution in [2.24, 2.45) is 0 Å². The molecule has 0 radical (unpaired) electrons. The van der Waals surface area contributed by atoms with E-state index < -0.39 is 0 Å². The molecule has 1 amide bonds. The van der Waals surface area contributed by atoms with E-state index in [1.165, 1.54) is 0 Å². The number of methoxy groups -OCH3 is 1. The van der Waals surface area contributed by atoms with E-state index in [0.29, 0.717) is 12.4 Å². The first-order chi connectivity index (χ1) is 12.5. The van der Waals surface area contributed by atoms with Gasteiger partial charge in [0.1, 0.15) is 11.5 Å². The summed E-state index contributed by atoms with van der Waals surface area (Å²) in [7, 11) is 3.49. The Morgan fingerprint density at radius 3 is 2.73 bits per heavy atom. The lowest BCUT2D eigenvalue weighted by Crippen LogP contribution is -2.30. The van der Waals surface area contributed by atoms with Crippen LogP contribution in [-0.4, -0.2) is 36.5 Å². The van der Waals surface area contributed by atoms with Crippen molar-refractivity contribution in [2.45, 2.75) is 13.5 Å². The third kappa shape index (κ3) is 4.50. The van der Waals surface area contributed by atoms with Crippen LogP contribution in [0.3, 0.4) is 0 Å². The first-order valence-corrected chi connectivity index (χ1v) is 9.05. The van der Waals surface area contributed by atoms with E-state index >= 15 is 0 Å². The third-order valence-corrected chi connectivity index (χ3v) is 4.69. The van der Waals surface area contributed by atoms with Gasteiger partial charge >= 0.3 is 0 Å². The monoisotopic (exact) mass is 371 g/mol. The Morgan fingerprint density at radius 2 is 2.08 bits per heavy atom. The van der Waals surface area contributed by atoms with Crippen LogP contribution in [0.1, 0.15) is 11.5 Å². The molecule has 7 heteroatoms. The lowest BCUT2D eigenvalue weighted by molar-refractivity contribution is -0.117. The Morgan fingerprint density at radius 1 is 1.31 bits per heavy atom. The SMILES string of the molecule is COc1ccc(NC(=O)CN(C)Cc2nc(-c3cccs3)oc2C)cc1. The maximum absolute atomic E-state index is 12.2. The molecule has 2 heterocycles. The molecule has 1 aromatic carbocycles. The van der Waals surface area contributed by atoms with Gasteiger partial charge in [0, 0.05) is 12.2 Å². The second-order valence-corrected chi connectivity index (χ2v) is 6.90. The number of carbonyl (C=O) groups excluding carboxylic acids is 1. The minimum atomic E-state index is -0.0858. The van der Waals surface area contributed by atoms with E-state index in [1.54, 1.807) is 18.4 Å². The smallest absolute Gasteiger partial charge is 0.238 e. The van der Waals surface area contributed by atoms with Gasteiger partial charge in [-0.25, -0.2) is 4.98 Å². The topological polar surface area (TPSA) is 67.6 Å². The Balaban J connectivity index is 1.56. The predicted octanol–water partition coefficient (Wildman–Crippen LogP) is 3.79. The van der Waals surface area contributed by atoms with Gasteiger partial charge in [-0.2, -0.15) is 0 Å². The van der Waals surface area contributed by atoms with Crippen molar-refractivity contribution >= 4 is 22.9 Å². The van der Waals surface area contributed by atoms with Crippen LogP contribution in [0.2, 0.25) is 0 Å². The Hall–Kier alpha value is -2.64. The predicted molar refractivity (Wildman–Crippen MR) is 103 cm³/mol. The Kier molecular flexibility index (Phi) is 5.70. The summed E-state index contributed by atoms with van der Waals surface area (Å²) in [4.78, 5) is 19.7. The van der Waals surface area contributed by atoms with Crippen molar-refractivity contribution in [1.29, 1.82) is 0 Å². The van der Waals surface area contributed by atoms with Crippen LogP contribution < -0.4 is 10.1 Å². The molecule has 0 aliphatic heterocycles. The summed E-state index contributed by atoms with van der Waals surface area (Å²) in [5.41, 5.74) is 1.58. The lowest BCUT2D eigenvalue weighted by Gasteiger charge is -2.15. The molecule has 6 nitrogen and oxygen atoms in total. The number of ether oxygens (including phenoxy) is 1. The molecule has 2 aromatic heterocycles. The number of carbonyl (C=O) groups is 1. The molecule has 0 bridgehead atoms. The highest BCUT2D eigenvalue weighted by Crippen LogP contribution is 2.26. The van der Waals surface area contributed by atoms with E-state index in [-0.39, 0.29) is 12.5 Å². The molecule has 0 atom stereocenters.